The van der Waals surface area contributed by atoms with Gasteiger partial charge in [0.25, 0.3) is 0 Å². The Kier molecular flexibility index (Phi) is 3.18. The maximum Gasteiger partial charge on any atom is 0.0739 e. The summed E-state index contributed by atoms with van der Waals surface area (Å²) in [5.41, 5.74) is 0.934. The summed E-state index contributed by atoms with van der Waals surface area (Å²) in [6, 6.07) is 3.75. The molecule has 0 unspecified atom stereocenters. The molecule has 1 aliphatic rings. The Morgan fingerprint density at radius 3 is 2.57 bits per heavy atom. The third-order valence-corrected chi connectivity index (χ3v) is 2.52. The van der Waals surface area contributed by atoms with E-state index in [4.69, 9.17) is 16.5 Å². The van der Waals surface area contributed by atoms with Gasteiger partial charge in [0.15, 0.2) is 0 Å². The van der Waals surface area contributed by atoms with E-state index < -0.39 is 0 Å². The molecule has 14 heavy (non-hydrogen) atoms. The van der Waals surface area contributed by atoms with E-state index in [1.807, 2.05) is 17.1 Å². The van der Waals surface area contributed by atoms with Gasteiger partial charge in [0.2, 0.25) is 0 Å². The van der Waals surface area contributed by atoms with Gasteiger partial charge in [-0.05, 0) is 12.1 Å². The van der Waals surface area contributed by atoms with Gasteiger partial charge in [0.05, 0.1) is 18.9 Å². The van der Waals surface area contributed by atoms with E-state index >= 15 is 0 Å². The zero-order valence-corrected chi connectivity index (χ0v) is 8.52. The van der Waals surface area contributed by atoms with Crippen molar-refractivity contribution in [1.82, 2.24) is 9.99 Å². The van der Waals surface area contributed by atoms with Crippen LogP contribution in [0, 0.1) is 0 Å². The third kappa shape index (κ3) is 2.15. The fraction of sp³-hybridized carbons (Fsp3) is 0.444. The third-order valence-electron chi connectivity index (χ3n) is 2.11. The normalized spacial score (nSPS) is 18.1. The number of hydrazine groups is 1. The highest BCUT2D eigenvalue weighted by atomic mass is 35.5. The van der Waals surface area contributed by atoms with E-state index in [-0.39, 0.29) is 0 Å². The first-order chi connectivity index (χ1) is 6.88. The number of rotatable bonds is 2. The van der Waals surface area contributed by atoms with Crippen LogP contribution in [0.25, 0.3) is 0 Å². The molecule has 0 radical (unpaired) electrons. The molecule has 1 saturated heterocycles. The van der Waals surface area contributed by atoms with Crippen molar-refractivity contribution in [3.05, 3.63) is 24.5 Å². The minimum Gasteiger partial charge on any atom is -0.379 e. The molecule has 76 valence electrons. The zero-order chi connectivity index (χ0) is 9.80. The molecule has 0 spiro atoms. The smallest absolute Gasteiger partial charge is 0.0739 e. The fourth-order valence-corrected chi connectivity index (χ4v) is 1.62. The molecule has 0 N–H and O–H groups in total. The number of pyridine rings is 1. The van der Waals surface area contributed by atoms with Crippen LogP contribution < -0.4 is 4.53 Å². The first-order valence-corrected chi connectivity index (χ1v) is 4.90. The highest BCUT2D eigenvalue weighted by Gasteiger charge is 2.16. The van der Waals surface area contributed by atoms with Crippen molar-refractivity contribution in [2.24, 2.45) is 0 Å². The van der Waals surface area contributed by atoms with E-state index in [1.54, 1.807) is 16.9 Å². The van der Waals surface area contributed by atoms with Crippen molar-refractivity contribution in [3.63, 3.8) is 0 Å². The van der Waals surface area contributed by atoms with Crippen LogP contribution in [0.2, 0.25) is 0 Å². The van der Waals surface area contributed by atoms with E-state index in [0.717, 1.165) is 32.0 Å². The first-order valence-electron chi connectivity index (χ1n) is 4.56. The van der Waals surface area contributed by atoms with Gasteiger partial charge in [-0.3, -0.25) is 4.98 Å². The van der Waals surface area contributed by atoms with Crippen LogP contribution in [0.3, 0.4) is 0 Å². The lowest BCUT2D eigenvalue weighted by atomic mass is 10.4. The lowest BCUT2D eigenvalue weighted by Crippen LogP contribution is -2.44. The summed E-state index contributed by atoms with van der Waals surface area (Å²) in [7, 11) is 0. The molecule has 2 heterocycles. The predicted octanol–water partition coefficient (Wildman–Crippen LogP) is 1.29. The summed E-state index contributed by atoms with van der Waals surface area (Å²) in [6.45, 7) is 3.11. The van der Waals surface area contributed by atoms with Gasteiger partial charge in [0.1, 0.15) is 0 Å². The van der Waals surface area contributed by atoms with E-state index in [1.165, 1.54) is 0 Å². The van der Waals surface area contributed by atoms with E-state index in [9.17, 15) is 0 Å². The lowest BCUT2D eigenvalue weighted by molar-refractivity contribution is 0.0411. The number of ether oxygens (including phenoxy) is 1. The average Bonchev–Trinajstić information content (AvgIpc) is 2.30. The highest BCUT2D eigenvalue weighted by molar-refractivity contribution is 6.24. The molecular formula is C9H12ClN3O. The molecular weight excluding hydrogens is 202 g/mol. The minimum absolute atomic E-state index is 0.730. The Labute approximate surface area is 88.1 Å². The standard InChI is InChI=1S/C9H12ClN3O/c10-13(9-1-3-11-4-2-9)12-5-7-14-8-6-12/h1-4H,5-8H2. The number of aromatic nitrogens is 1. The monoisotopic (exact) mass is 213 g/mol. The van der Waals surface area contributed by atoms with Crippen LogP contribution in [0.1, 0.15) is 0 Å². The quantitative estimate of drug-likeness (QED) is 0.693. The van der Waals surface area contributed by atoms with E-state index in [2.05, 4.69) is 4.98 Å². The Hall–Kier alpha value is -0.840. The summed E-state index contributed by atoms with van der Waals surface area (Å²) in [5.74, 6) is 0. The first kappa shape index (κ1) is 9.71. The van der Waals surface area contributed by atoms with Gasteiger partial charge in [-0.1, -0.05) is 0 Å². The molecule has 1 aromatic rings. The summed E-state index contributed by atoms with van der Waals surface area (Å²) in [6.07, 6.45) is 3.45. The molecule has 2 rings (SSSR count). The Morgan fingerprint density at radius 1 is 1.29 bits per heavy atom. The Morgan fingerprint density at radius 2 is 1.93 bits per heavy atom. The maximum atomic E-state index is 6.16. The second-order valence-corrected chi connectivity index (χ2v) is 3.35. The molecule has 0 bridgehead atoms. The molecule has 0 amide bonds. The number of hydrogen-bond donors (Lipinski definition) is 0. The molecule has 4 nitrogen and oxygen atoms in total. The molecule has 5 heteroatoms. The Bertz CT molecular complexity index is 277. The topological polar surface area (TPSA) is 28.6 Å². The van der Waals surface area contributed by atoms with Crippen LogP contribution in [0.5, 0.6) is 0 Å². The number of hydrogen-bond acceptors (Lipinski definition) is 4. The number of halogens is 1. The second kappa shape index (κ2) is 4.59. The van der Waals surface area contributed by atoms with Gasteiger partial charge >= 0.3 is 0 Å². The number of anilines is 1. The summed E-state index contributed by atoms with van der Waals surface area (Å²) < 4.78 is 6.88. The fourth-order valence-electron chi connectivity index (χ4n) is 1.36. The van der Waals surface area contributed by atoms with Crippen molar-refractivity contribution in [1.29, 1.82) is 0 Å². The predicted molar refractivity (Wildman–Crippen MR) is 55.0 cm³/mol. The van der Waals surface area contributed by atoms with Gasteiger partial charge in [-0.15, -0.1) is 0 Å². The van der Waals surface area contributed by atoms with Crippen molar-refractivity contribution < 1.29 is 4.74 Å². The summed E-state index contributed by atoms with van der Waals surface area (Å²) in [5, 5.41) is 2.04. The van der Waals surface area contributed by atoms with Crippen LogP contribution in [0.15, 0.2) is 24.5 Å². The zero-order valence-electron chi connectivity index (χ0n) is 7.77. The van der Waals surface area contributed by atoms with Crippen LogP contribution in [-0.2, 0) is 4.74 Å². The van der Waals surface area contributed by atoms with Gasteiger partial charge in [-0.25, -0.2) is 9.54 Å². The van der Waals surface area contributed by atoms with Crippen LogP contribution in [0.4, 0.5) is 5.69 Å². The van der Waals surface area contributed by atoms with Gasteiger partial charge < -0.3 is 4.74 Å². The number of morpholine rings is 1. The molecule has 1 aromatic heterocycles. The molecule has 0 saturated carbocycles. The van der Waals surface area contributed by atoms with Gasteiger partial charge in [-0.2, -0.15) is 0 Å². The SMILES string of the molecule is ClN(c1ccncc1)N1CCOCC1. The van der Waals surface area contributed by atoms with Crippen LogP contribution in [-0.4, -0.2) is 36.3 Å². The molecule has 0 aliphatic carbocycles. The largest absolute Gasteiger partial charge is 0.379 e. The maximum absolute atomic E-state index is 6.16. The second-order valence-electron chi connectivity index (χ2n) is 3.03. The lowest BCUT2D eigenvalue weighted by Gasteiger charge is -2.33. The molecule has 0 atom stereocenters. The van der Waals surface area contributed by atoms with Crippen molar-refractivity contribution in [3.8, 4) is 0 Å². The summed E-state index contributed by atoms with van der Waals surface area (Å²) in [4.78, 5) is 3.94. The number of nitrogens with zero attached hydrogens (tertiary/aromatic N) is 3. The van der Waals surface area contributed by atoms with Crippen LogP contribution >= 0.6 is 11.8 Å². The molecule has 0 aromatic carbocycles. The minimum atomic E-state index is 0.730. The van der Waals surface area contributed by atoms with Gasteiger partial charge in [0, 0.05) is 37.3 Å². The van der Waals surface area contributed by atoms with E-state index in [0.29, 0.717) is 0 Å². The molecule has 1 fully saturated rings. The van der Waals surface area contributed by atoms with Crippen molar-refractivity contribution in [2.45, 2.75) is 0 Å². The molecule has 1 aliphatic heterocycles. The van der Waals surface area contributed by atoms with Crippen molar-refractivity contribution in [2.75, 3.05) is 30.8 Å². The average molecular weight is 214 g/mol. The Balaban J connectivity index is 2.03. The summed E-state index contributed by atoms with van der Waals surface area (Å²) >= 11 is 6.16. The highest BCUT2D eigenvalue weighted by Crippen LogP contribution is 2.18. The van der Waals surface area contributed by atoms with Crippen molar-refractivity contribution >= 4 is 17.5 Å².